The number of amides is 1. The van der Waals surface area contributed by atoms with Gasteiger partial charge in [-0.05, 0) is 24.9 Å². The lowest BCUT2D eigenvalue weighted by molar-refractivity contribution is -0.174. The van der Waals surface area contributed by atoms with Gasteiger partial charge in [0.05, 0.1) is 6.04 Å². The van der Waals surface area contributed by atoms with Gasteiger partial charge in [-0.25, -0.2) is 0 Å². The third-order valence-corrected chi connectivity index (χ3v) is 3.19. The topological polar surface area (TPSA) is 41.1 Å². The fraction of sp³-hybridized carbons (Fsp3) is 0.462. The van der Waals surface area contributed by atoms with Crippen LogP contribution in [0.1, 0.15) is 24.4 Å². The van der Waals surface area contributed by atoms with E-state index in [0.717, 1.165) is 18.5 Å². The normalized spacial score (nSPS) is 23.9. The molecule has 2 atom stereocenters. The largest absolute Gasteiger partial charge is 0.471 e. The van der Waals surface area contributed by atoms with Crippen LogP contribution < -0.4 is 10.6 Å². The van der Waals surface area contributed by atoms with Crippen LogP contribution in [0.5, 0.6) is 0 Å². The number of carbonyl (C=O) groups excluding carboxylic acids is 1. The molecule has 19 heavy (non-hydrogen) atoms. The first-order valence-electron chi connectivity index (χ1n) is 6.14. The third kappa shape index (κ3) is 3.47. The molecule has 0 aliphatic carbocycles. The number of hydrogen-bond donors (Lipinski definition) is 2. The molecule has 1 aliphatic heterocycles. The monoisotopic (exact) mass is 272 g/mol. The predicted octanol–water partition coefficient (Wildman–Crippen LogP) is 2.16. The molecule has 3 nitrogen and oxygen atoms in total. The first-order valence-corrected chi connectivity index (χ1v) is 6.14. The number of hydrogen-bond acceptors (Lipinski definition) is 2. The molecule has 1 heterocycles. The first kappa shape index (κ1) is 13.9. The van der Waals surface area contributed by atoms with Gasteiger partial charge in [-0.15, -0.1) is 0 Å². The maximum absolute atomic E-state index is 12.3. The van der Waals surface area contributed by atoms with Crippen LogP contribution in [0.4, 0.5) is 13.2 Å². The zero-order chi connectivity index (χ0) is 13.9. The molecule has 1 saturated heterocycles. The van der Waals surface area contributed by atoms with Crippen LogP contribution >= 0.6 is 0 Å². The molecule has 6 heteroatoms. The summed E-state index contributed by atoms with van der Waals surface area (Å²) < 4.78 is 36.9. The van der Waals surface area contributed by atoms with Crippen LogP contribution in [0, 0.1) is 0 Å². The molecule has 0 radical (unpaired) electrons. The lowest BCUT2D eigenvalue weighted by Crippen LogP contribution is -2.51. The Morgan fingerprint density at radius 1 is 1.26 bits per heavy atom. The van der Waals surface area contributed by atoms with E-state index in [0.29, 0.717) is 6.42 Å². The Kier molecular flexibility index (Phi) is 4.09. The van der Waals surface area contributed by atoms with Crippen LogP contribution in [0.2, 0.25) is 0 Å². The van der Waals surface area contributed by atoms with Crippen LogP contribution in [-0.2, 0) is 4.79 Å². The Bertz CT molecular complexity index is 433. The Morgan fingerprint density at radius 2 is 1.95 bits per heavy atom. The van der Waals surface area contributed by atoms with E-state index in [2.05, 4.69) is 10.6 Å². The van der Waals surface area contributed by atoms with Crippen molar-refractivity contribution in [1.29, 1.82) is 0 Å². The van der Waals surface area contributed by atoms with E-state index in [1.165, 1.54) is 0 Å². The van der Waals surface area contributed by atoms with E-state index in [9.17, 15) is 18.0 Å². The highest BCUT2D eigenvalue weighted by Gasteiger charge is 2.41. The molecule has 2 N–H and O–H groups in total. The molecule has 104 valence electrons. The molecule has 0 saturated carbocycles. The lowest BCUT2D eigenvalue weighted by atomic mass is 9.92. The average Bonchev–Trinajstić information content (AvgIpc) is 2.39. The van der Waals surface area contributed by atoms with Gasteiger partial charge in [0.1, 0.15) is 0 Å². The molecule has 1 amide bonds. The molecule has 0 unspecified atom stereocenters. The van der Waals surface area contributed by atoms with Crippen molar-refractivity contribution >= 4 is 5.91 Å². The minimum Gasteiger partial charge on any atom is -0.344 e. The Morgan fingerprint density at radius 3 is 2.58 bits per heavy atom. The quantitative estimate of drug-likeness (QED) is 0.866. The second-order valence-corrected chi connectivity index (χ2v) is 4.56. The Labute approximate surface area is 109 Å². The van der Waals surface area contributed by atoms with Crippen molar-refractivity contribution in [3.8, 4) is 0 Å². The number of benzene rings is 1. The molecule has 1 aromatic carbocycles. The van der Waals surface area contributed by atoms with Gasteiger partial charge in [0.2, 0.25) is 0 Å². The van der Waals surface area contributed by atoms with E-state index in [-0.39, 0.29) is 6.04 Å². The highest BCUT2D eigenvalue weighted by atomic mass is 19.4. The van der Waals surface area contributed by atoms with E-state index >= 15 is 0 Å². The number of carbonyl (C=O) groups is 1. The molecule has 2 rings (SSSR count). The van der Waals surface area contributed by atoms with Gasteiger partial charge >= 0.3 is 12.1 Å². The third-order valence-electron chi connectivity index (χ3n) is 3.19. The number of rotatable bonds is 2. The van der Waals surface area contributed by atoms with Crippen LogP contribution in [0.15, 0.2) is 30.3 Å². The maximum Gasteiger partial charge on any atom is 0.471 e. The summed E-state index contributed by atoms with van der Waals surface area (Å²) in [7, 11) is 0. The zero-order valence-corrected chi connectivity index (χ0v) is 10.2. The fourth-order valence-corrected chi connectivity index (χ4v) is 2.30. The smallest absolute Gasteiger partial charge is 0.344 e. The van der Waals surface area contributed by atoms with E-state index < -0.39 is 18.1 Å². The molecular weight excluding hydrogens is 257 g/mol. The molecule has 0 bridgehead atoms. The molecule has 0 aromatic heterocycles. The highest BCUT2D eigenvalue weighted by molar-refractivity contribution is 5.82. The van der Waals surface area contributed by atoms with Gasteiger partial charge in [0.15, 0.2) is 0 Å². The molecule has 1 fully saturated rings. The van der Waals surface area contributed by atoms with Crippen LogP contribution in [0.3, 0.4) is 0 Å². The SMILES string of the molecule is O=C(N[C@H]1CCCN[C@H]1c1ccccc1)C(F)(F)F. The summed E-state index contributed by atoms with van der Waals surface area (Å²) in [5, 5.41) is 5.24. The van der Waals surface area contributed by atoms with Gasteiger partial charge in [-0.2, -0.15) is 13.2 Å². The maximum atomic E-state index is 12.3. The van der Waals surface area contributed by atoms with Crippen molar-refractivity contribution in [2.75, 3.05) is 6.54 Å². The van der Waals surface area contributed by atoms with Crippen molar-refractivity contribution in [2.45, 2.75) is 31.1 Å². The predicted molar refractivity (Wildman–Crippen MR) is 64.4 cm³/mol. The van der Waals surface area contributed by atoms with Gasteiger partial charge < -0.3 is 10.6 Å². The standard InChI is InChI=1S/C13H15F3N2O/c14-13(15,16)12(19)18-10-7-4-8-17-11(10)9-5-2-1-3-6-9/h1-3,5-6,10-11,17H,4,7-8H2,(H,18,19)/t10-,11-/m0/s1. The molecule has 1 aliphatic rings. The zero-order valence-electron chi connectivity index (χ0n) is 10.2. The minimum absolute atomic E-state index is 0.277. The summed E-state index contributed by atoms with van der Waals surface area (Å²) in [6, 6.07) is 8.37. The average molecular weight is 272 g/mol. The van der Waals surface area contributed by atoms with Gasteiger partial charge in [0.25, 0.3) is 0 Å². The second kappa shape index (κ2) is 5.61. The van der Waals surface area contributed by atoms with E-state index in [4.69, 9.17) is 0 Å². The summed E-state index contributed by atoms with van der Waals surface area (Å²) in [5.41, 5.74) is 0.884. The van der Waals surface area contributed by atoms with E-state index in [1.807, 2.05) is 30.3 Å². The summed E-state index contributed by atoms with van der Waals surface area (Å²) in [5.74, 6) is -1.87. The van der Waals surface area contributed by atoms with Gasteiger partial charge in [-0.3, -0.25) is 4.79 Å². The summed E-state index contributed by atoms with van der Waals surface area (Å²) in [6.45, 7) is 0.734. The molecule has 0 spiro atoms. The van der Waals surface area contributed by atoms with Crippen molar-refractivity contribution < 1.29 is 18.0 Å². The number of piperidine rings is 1. The highest BCUT2D eigenvalue weighted by Crippen LogP contribution is 2.25. The minimum atomic E-state index is -4.83. The summed E-state index contributed by atoms with van der Waals surface area (Å²) in [4.78, 5) is 11.0. The van der Waals surface area contributed by atoms with Crippen LogP contribution in [0.25, 0.3) is 0 Å². The van der Waals surface area contributed by atoms with Crippen molar-refractivity contribution in [1.82, 2.24) is 10.6 Å². The number of halogens is 3. The lowest BCUT2D eigenvalue weighted by Gasteiger charge is -2.33. The van der Waals surface area contributed by atoms with Crippen molar-refractivity contribution in [2.24, 2.45) is 0 Å². The molecule has 1 aromatic rings. The number of nitrogens with one attached hydrogen (secondary N) is 2. The van der Waals surface area contributed by atoms with Crippen LogP contribution in [-0.4, -0.2) is 24.7 Å². The summed E-state index contributed by atoms with van der Waals surface area (Å²) in [6.07, 6.45) is -3.56. The first-order chi connectivity index (χ1) is 8.98. The second-order valence-electron chi connectivity index (χ2n) is 4.56. The van der Waals surface area contributed by atoms with E-state index in [1.54, 1.807) is 0 Å². The Balaban J connectivity index is 2.11. The summed E-state index contributed by atoms with van der Waals surface area (Å²) >= 11 is 0. The van der Waals surface area contributed by atoms with Gasteiger partial charge in [-0.1, -0.05) is 30.3 Å². The Hall–Kier alpha value is -1.56. The van der Waals surface area contributed by atoms with Gasteiger partial charge in [0, 0.05) is 6.04 Å². The number of alkyl halides is 3. The van der Waals surface area contributed by atoms with Crippen molar-refractivity contribution in [3.05, 3.63) is 35.9 Å². The fourth-order valence-electron chi connectivity index (χ4n) is 2.30. The van der Waals surface area contributed by atoms with Crippen molar-refractivity contribution in [3.63, 3.8) is 0 Å². The molecular formula is C13H15F3N2O.